The molecular formula is C23H22N4O5S. The van der Waals surface area contributed by atoms with E-state index in [4.69, 9.17) is 0 Å². The normalized spacial score (nSPS) is 11.0. The molecule has 0 aliphatic carbocycles. The lowest BCUT2D eigenvalue weighted by Gasteiger charge is -2.12. The van der Waals surface area contributed by atoms with Crippen molar-refractivity contribution in [2.24, 2.45) is 0 Å². The molecule has 10 heteroatoms. The van der Waals surface area contributed by atoms with Crippen molar-refractivity contribution in [1.29, 1.82) is 0 Å². The van der Waals surface area contributed by atoms with E-state index in [1.807, 2.05) is 6.07 Å². The second-order valence-corrected chi connectivity index (χ2v) is 9.27. The highest BCUT2D eigenvalue weighted by Crippen LogP contribution is 2.15. The largest absolute Gasteiger partial charge is 0.322 e. The third-order valence-electron chi connectivity index (χ3n) is 4.61. The van der Waals surface area contributed by atoms with E-state index in [0.717, 1.165) is 4.31 Å². The standard InChI is InChI=1S/C23H22N4O5S/c1-27(2)33(31,32)20-10-6-9-18(15-20)23(30)26-25-22(29)17-11-13-19(14-12-17)24-21(28)16-7-4-3-5-8-16/h3-15H,1-2H3,(H,24,28)(H,25,29)(H,26,30). The summed E-state index contributed by atoms with van der Waals surface area (Å²) < 4.78 is 25.5. The smallest absolute Gasteiger partial charge is 0.269 e. The molecule has 0 aromatic heterocycles. The van der Waals surface area contributed by atoms with Gasteiger partial charge in [-0.2, -0.15) is 0 Å². The second kappa shape index (κ2) is 10.1. The fraction of sp³-hybridized carbons (Fsp3) is 0.0870. The number of anilines is 1. The molecule has 0 unspecified atom stereocenters. The fourth-order valence-electron chi connectivity index (χ4n) is 2.76. The summed E-state index contributed by atoms with van der Waals surface area (Å²) in [6, 6.07) is 20.3. The monoisotopic (exact) mass is 466 g/mol. The minimum Gasteiger partial charge on any atom is -0.322 e. The number of rotatable bonds is 6. The van der Waals surface area contributed by atoms with Crippen LogP contribution in [0.3, 0.4) is 0 Å². The van der Waals surface area contributed by atoms with Crippen molar-refractivity contribution in [3.05, 3.63) is 95.6 Å². The number of hydrogen-bond acceptors (Lipinski definition) is 5. The van der Waals surface area contributed by atoms with Crippen LogP contribution >= 0.6 is 0 Å². The van der Waals surface area contributed by atoms with Crippen molar-refractivity contribution in [1.82, 2.24) is 15.2 Å². The highest BCUT2D eigenvalue weighted by Gasteiger charge is 2.19. The molecule has 0 heterocycles. The number of benzene rings is 3. The first-order valence-corrected chi connectivity index (χ1v) is 11.2. The maximum absolute atomic E-state index is 12.4. The van der Waals surface area contributed by atoms with Crippen LogP contribution < -0.4 is 16.2 Å². The second-order valence-electron chi connectivity index (χ2n) is 7.12. The highest BCUT2D eigenvalue weighted by molar-refractivity contribution is 7.89. The van der Waals surface area contributed by atoms with Crippen molar-refractivity contribution in [3.8, 4) is 0 Å². The molecule has 0 spiro atoms. The summed E-state index contributed by atoms with van der Waals surface area (Å²) in [4.78, 5) is 36.8. The van der Waals surface area contributed by atoms with E-state index >= 15 is 0 Å². The molecule has 9 nitrogen and oxygen atoms in total. The van der Waals surface area contributed by atoms with Gasteiger partial charge in [0.25, 0.3) is 17.7 Å². The number of nitrogens with one attached hydrogen (secondary N) is 3. The van der Waals surface area contributed by atoms with Crippen molar-refractivity contribution < 1.29 is 22.8 Å². The molecule has 0 fully saturated rings. The van der Waals surface area contributed by atoms with Crippen molar-refractivity contribution in [2.75, 3.05) is 19.4 Å². The Balaban J connectivity index is 1.60. The minimum absolute atomic E-state index is 0.0420. The van der Waals surface area contributed by atoms with Gasteiger partial charge < -0.3 is 5.32 Å². The van der Waals surface area contributed by atoms with E-state index in [0.29, 0.717) is 11.3 Å². The molecule has 3 amide bonds. The first-order valence-electron chi connectivity index (χ1n) is 9.78. The average Bonchev–Trinajstić information content (AvgIpc) is 2.83. The van der Waals surface area contributed by atoms with Crippen LogP contribution in [0.15, 0.2) is 83.8 Å². The molecule has 3 rings (SSSR count). The number of carbonyl (C=O) groups is 3. The summed E-state index contributed by atoms with van der Waals surface area (Å²) >= 11 is 0. The van der Waals surface area contributed by atoms with Gasteiger partial charge in [-0.3, -0.25) is 25.2 Å². The van der Waals surface area contributed by atoms with Gasteiger partial charge in [0.15, 0.2) is 0 Å². The molecule has 0 bridgehead atoms. The lowest BCUT2D eigenvalue weighted by molar-refractivity contribution is 0.0846. The molecule has 0 aliphatic rings. The molecule has 0 saturated heterocycles. The molecule has 0 radical (unpaired) electrons. The van der Waals surface area contributed by atoms with E-state index in [-0.39, 0.29) is 21.9 Å². The Hall–Kier alpha value is -4.02. The molecule has 170 valence electrons. The molecule has 3 aromatic rings. The topological polar surface area (TPSA) is 125 Å². The van der Waals surface area contributed by atoms with Crippen LogP contribution in [0.4, 0.5) is 5.69 Å². The highest BCUT2D eigenvalue weighted by atomic mass is 32.2. The molecule has 0 atom stereocenters. The summed E-state index contributed by atoms with van der Waals surface area (Å²) in [5.41, 5.74) is 5.86. The van der Waals surface area contributed by atoms with Gasteiger partial charge >= 0.3 is 0 Å². The van der Waals surface area contributed by atoms with Gasteiger partial charge in [0.2, 0.25) is 10.0 Å². The van der Waals surface area contributed by atoms with Crippen molar-refractivity contribution in [3.63, 3.8) is 0 Å². The zero-order valence-corrected chi connectivity index (χ0v) is 18.7. The van der Waals surface area contributed by atoms with Gasteiger partial charge in [-0.1, -0.05) is 24.3 Å². The fourth-order valence-corrected chi connectivity index (χ4v) is 3.71. The van der Waals surface area contributed by atoms with Crippen LogP contribution in [-0.4, -0.2) is 44.5 Å². The van der Waals surface area contributed by atoms with Crippen molar-refractivity contribution >= 4 is 33.4 Å². The number of carbonyl (C=O) groups excluding carboxylic acids is 3. The van der Waals surface area contributed by atoms with Crippen LogP contribution in [0.2, 0.25) is 0 Å². The molecule has 0 saturated carbocycles. The summed E-state index contributed by atoms with van der Waals surface area (Å²) in [5, 5.41) is 2.73. The van der Waals surface area contributed by atoms with Gasteiger partial charge in [0.1, 0.15) is 0 Å². The summed E-state index contributed by atoms with van der Waals surface area (Å²) in [5.74, 6) is -1.54. The van der Waals surface area contributed by atoms with Gasteiger partial charge in [-0.15, -0.1) is 0 Å². The van der Waals surface area contributed by atoms with E-state index in [2.05, 4.69) is 16.2 Å². The molecular weight excluding hydrogens is 444 g/mol. The molecule has 3 N–H and O–H groups in total. The van der Waals surface area contributed by atoms with Crippen LogP contribution in [0.1, 0.15) is 31.1 Å². The minimum atomic E-state index is -3.70. The Morgan fingerprint density at radius 2 is 1.21 bits per heavy atom. The number of amides is 3. The Bertz CT molecular complexity index is 1270. The Kier molecular flexibility index (Phi) is 7.21. The lowest BCUT2D eigenvalue weighted by Crippen LogP contribution is -2.41. The number of hydrogen-bond donors (Lipinski definition) is 3. The maximum atomic E-state index is 12.4. The van der Waals surface area contributed by atoms with Crippen LogP contribution in [-0.2, 0) is 10.0 Å². The third kappa shape index (κ3) is 5.82. The number of sulfonamides is 1. The SMILES string of the molecule is CN(C)S(=O)(=O)c1cccc(C(=O)NNC(=O)c2ccc(NC(=O)c3ccccc3)cc2)c1. The summed E-state index contributed by atoms with van der Waals surface area (Å²) in [7, 11) is -0.923. The Morgan fingerprint density at radius 3 is 1.82 bits per heavy atom. The molecule has 0 aliphatic heterocycles. The van der Waals surface area contributed by atoms with Gasteiger partial charge in [-0.25, -0.2) is 12.7 Å². The van der Waals surface area contributed by atoms with Crippen LogP contribution in [0.25, 0.3) is 0 Å². The zero-order valence-electron chi connectivity index (χ0n) is 17.9. The average molecular weight is 467 g/mol. The van der Waals surface area contributed by atoms with Crippen LogP contribution in [0.5, 0.6) is 0 Å². The van der Waals surface area contributed by atoms with Crippen LogP contribution in [0, 0.1) is 0 Å². The van der Waals surface area contributed by atoms with Gasteiger partial charge in [0.05, 0.1) is 4.90 Å². The van der Waals surface area contributed by atoms with E-state index in [9.17, 15) is 22.8 Å². The van der Waals surface area contributed by atoms with E-state index in [1.165, 1.54) is 50.5 Å². The quantitative estimate of drug-likeness (QED) is 0.481. The summed E-state index contributed by atoms with van der Waals surface area (Å²) in [6.07, 6.45) is 0. The van der Waals surface area contributed by atoms with E-state index < -0.39 is 21.8 Å². The van der Waals surface area contributed by atoms with Crippen molar-refractivity contribution in [2.45, 2.75) is 4.90 Å². The molecule has 3 aromatic carbocycles. The zero-order chi connectivity index (χ0) is 24.0. The first kappa shape index (κ1) is 23.6. The van der Waals surface area contributed by atoms with Gasteiger partial charge in [-0.05, 0) is 54.6 Å². The lowest BCUT2D eigenvalue weighted by atomic mass is 10.1. The predicted octanol–water partition coefficient (Wildman–Crippen LogP) is 2.26. The maximum Gasteiger partial charge on any atom is 0.269 e. The van der Waals surface area contributed by atoms with Gasteiger partial charge in [0, 0.05) is 36.5 Å². The summed E-state index contributed by atoms with van der Waals surface area (Å²) in [6.45, 7) is 0. The Morgan fingerprint density at radius 1 is 0.667 bits per heavy atom. The number of nitrogens with zero attached hydrogens (tertiary/aromatic N) is 1. The third-order valence-corrected chi connectivity index (χ3v) is 6.42. The predicted molar refractivity (Wildman–Crippen MR) is 123 cm³/mol. The Labute approximate surface area is 191 Å². The number of hydrazine groups is 1. The first-order chi connectivity index (χ1) is 15.7. The van der Waals surface area contributed by atoms with E-state index in [1.54, 1.807) is 36.4 Å². The molecule has 33 heavy (non-hydrogen) atoms.